The Hall–Kier alpha value is -3.47. The number of carbonyl (C=O) groups excluding carboxylic acids is 1. The normalized spacial score (nSPS) is 11.6. The second kappa shape index (κ2) is 8.27. The van der Waals surface area contributed by atoms with Crippen molar-refractivity contribution in [1.29, 1.82) is 5.26 Å². The van der Waals surface area contributed by atoms with Crippen LogP contribution in [-0.2, 0) is 11.0 Å². The van der Waals surface area contributed by atoms with Crippen LogP contribution in [0.2, 0.25) is 0 Å². The Morgan fingerprint density at radius 3 is 2.67 bits per heavy atom. The van der Waals surface area contributed by atoms with Gasteiger partial charge in [-0.25, -0.2) is 0 Å². The second-order valence-electron chi connectivity index (χ2n) is 5.36. The summed E-state index contributed by atoms with van der Waals surface area (Å²) in [6.07, 6.45) is -3.30. The summed E-state index contributed by atoms with van der Waals surface area (Å²) in [5.41, 5.74) is -0.910. The molecule has 0 bridgehead atoms. The van der Waals surface area contributed by atoms with Gasteiger partial charge < -0.3 is 15.2 Å². The van der Waals surface area contributed by atoms with Crippen LogP contribution in [0.15, 0.2) is 48.0 Å². The van der Waals surface area contributed by atoms with Gasteiger partial charge in [-0.3, -0.25) is 4.79 Å². The summed E-state index contributed by atoms with van der Waals surface area (Å²) >= 11 is 0. The van der Waals surface area contributed by atoms with Crippen LogP contribution in [0.1, 0.15) is 18.1 Å². The molecule has 140 valence electrons. The summed E-state index contributed by atoms with van der Waals surface area (Å²) in [4.78, 5) is 12.2. The average molecular weight is 376 g/mol. The molecule has 0 unspecified atom stereocenters. The zero-order chi connectivity index (χ0) is 20.0. The Kier molecular flexibility index (Phi) is 6.08. The highest BCUT2D eigenvalue weighted by Crippen LogP contribution is 2.31. The lowest BCUT2D eigenvalue weighted by atomic mass is 10.1. The maximum absolute atomic E-state index is 12.7. The zero-order valence-corrected chi connectivity index (χ0v) is 14.2. The van der Waals surface area contributed by atoms with Gasteiger partial charge in [0.05, 0.1) is 12.2 Å². The summed E-state index contributed by atoms with van der Waals surface area (Å²) in [6.45, 7) is 2.03. The van der Waals surface area contributed by atoms with Crippen LogP contribution in [0.3, 0.4) is 0 Å². The van der Waals surface area contributed by atoms with Crippen molar-refractivity contribution < 1.29 is 27.8 Å². The first-order valence-corrected chi connectivity index (χ1v) is 7.80. The standard InChI is InChI=1S/C19H15F3N2O3/c1-2-27-17-9-12(6-7-16(17)25)8-13(11-23)18(26)24-15-5-3-4-14(10-15)19(20,21)22/h3-10,25H,2H2,1H3,(H,24,26)/b13-8+. The Balaban J connectivity index is 2.25. The Morgan fingerprint density at radius 2 is 2.04 bits per heavy atom. The number of hydrogen-bond donors (Lipinski definition) is 2. The number of ether oxygens (including phenoxy) is 1. The van der Waals surface area contributed by atoms with E-state index in [1.165, 1.54) is 30.3 Å². The maximum atomic E-state index is 12.7. The highest BCUT2D eigenvalue weighted by molar-refractivity contribution is 6.09. The van der Waals surface area contributed by atoms with Crippen molar-refractivity contribution in [2.75, 3.05) is 11.9 Å². The number of benzene rings is 2. The first-order chi connectivity index (χ1) is 12.7. The van der Waals surface area contributed by atoms with Gasteiger partial charge in [0.1, 0.15) is 11.6 Å². The van der Waals surface area contributed by atoms with Crippen LogP contribution in [0.25, 0.3) is 6.08 Å². The molecule has 0 aliphatic rings. The molecule has 0 radical (unpaired) electrons. The van der Waals surface area contributed by atoms with Crippen LogP contribution in [0, 0.1) is 11.3 Å². The topological polar surface area (TPSA) is 82.3 Å². The first-order valence-electron chi connectivity index (χ1n) is 7.80. The molecular weight excluding hydrogens is 361 g/mol. The maximum Gasteiger partial charge on any atom is 0.416 e. The average Bonchev–Trinajstić information content (AvgIpc) is 2.62. The minimum atomic E-state index is -4.55. The quantitative estimate of drug-likeness (QED) is 0.600. The molecule has 2 aromatic rings. The van der Waals surface area contributed by atoms with Gasteiger partial charge in [0.25, 0.3) is 5.91 Å². The number of aromatic hydroxyl groups is 1. The first kappa shape index (κ1) is 19.8. The fraction of sp³-hybridized carbons (Fsp3) is 0.158. The lowest BCUT2D eigenvalue weighted by Crippen LogP contribution is -2.14. The SMILES string of the molecule is CCOc1cc(/C=C(\C#N)C(=O)Nc2cccc(C(F)(F)F)c2)ccc1O. The number of anilines is 1. The van der Waals surface area contributed by atoms with Crippen molar-refractivity contribution in [1.82, 2.24) is 0 Å². The summed E-state index contributed by atoms with van der Waals surface area (Å²) in [5, 5.41) is 21.1. The monoisotopic (exact) mass is 376 g/mol. The number of nitrogens with one attached hydrogen (secondary N) is 1. The third-order valence-corrected chi connectivity index (χ3v) is 3.41. The number of alkyl halides is 3. The molecule has 0 saturated carbocycles. The van der Waals surface area contributed by atoms with E-state index in [9.17, 15) is 28.3 Å². The molecule has 5 nitrogen and oxygen atoms in total. The van der Waals surface area contributed by atoms with E-state index in [2.05, 4.69) is 5.32 Å². The molecule has 8 heteroatoms. The number of phenolic OH excluding ortho intramolecular Hbond substituents is 1. The predicted molar refractivity (Wildman–Crippen MR) is 92.9 cm³/mol. The number of phenols is 1. The Labute approximate surface area is 153 Å². The van der Waals surface area contributed by atoms with E-state index in [0.717, 1.165) is 18.2 Å². The second-order valence-corrected chi connectivity index (χ2v) is 5.36. The van der Waals surface area contributed by atoms with Gasteiger partial charge in [-0.2, -0.15) is 18.4 Å². The van der Waals surface area contributed by atoms with Crippen molar-refractivity contribution in [2.24, 2.45) is 0 Å². The number of amides is 1. The van der Waals surface area contributed by atoms with Crippen molar-refractivity contribution in [3.8, 4) is 17.6 Å². The Morgan fingerprint density at radius 1 is 1.30 bits per heavy atom. The van der Waals surface area contributed by atoms with E-state index in [1.54, 1.807) is 13.0 Å². The summed E-state index contributed by atoms with van der Waals surface area (Å²) in [6, 6.07) is 10.1. The van der Waals surface area contributed by atoms with Crippen molar-refractivity contribution in [3.05, 3.63) is 59.2 Å². The predicted octanol–water partition coefficient (Wildman–Crippen LogP) is 4.36. The molecule has 27 heavy (non-hydrogen) atoms. The number of nitrogens with zero attached hydrogens (tertiary/aromatic N) is 1. The third-order valence-electron chi connectivity index (χ3n) is 3.41. The van der Waals surface area contributed by atoms with Crippen LogP contribution >= 0.6 is 0 Å². The molecule has 2 N–H and O–H groups in total. The molecule has 0 aromatic heterocycles. The van der Waals surface area contributed by atoms with Crippen LogP contribution in [-0.4, -0.2) is 17.6 Å². The zero-order valence-electron chi connectivity index (χ0n) is 14.2. The lowest BCUT2D eigenvalue weighted by Gasteiger charge is -2.10. The van der Waals surface area contributed by atoms with Gasteiger partial charge in [-0.05, 0) is 48.9 Å². The highest BCUT2D eigenvalue weighted by Gasteiger charge is 2.30. The minimum absolute atomic E-state index is 0.0864. The summed E-state index contributed by atoms with van der Waals surface area (Å²) in [5.74, 6) is -0.773. The number of halogens is 3. The number of nitriles is 1. The molecule has 2 aromatic carbocycles. The van der Waals surface area contributed by atoms with E-state index in [-0.39, 0.29) is 22.8 Å². The number of hydrogen-bond acceptors (Lipinski definition) is 4. The van der Waals surface area contributed by atoms with Gasteiger partial charge in [0, 0.05) is 5.69 Å². The fourth-order valence-electron chi connectivity index (χ4n) is 2.18. The van der Waals surface area contributed by atoms with E-state index in [1.807, 2.05) is 0 Å². The lowest BCUT2D eigenvalue weighted by molar-refractivity contribution is -0.137. The summed E-state index contributed by atoms with van der Waals surface area (Å²) in [7, 11) is 0. The summed E-state index contributed by atoms with van der Waals surface area (Å²) < 4.78 is 43.5. The van der Waals surface area contributed by atoms with Gasteiger partial charge in [-0.1, -0.05) is 12.1 Å². The highest BCUT2D eigenvalue weighted by atomic mass is 19.4. The van der Waals surface area contributed by atoms with Crippen molar-refractivity contribution >= 4 is 17.7 Å². The van der Waals surface area contributed by atoms with Gasteiger partial charge in [0.2, 0.25) is 0 Å². The van der Waals surface area contributed by atoms with E-state index < -0.39 is 17.6 Å². The van der Waals surface area contributed by atoms with E-state index in [4.69, 9.17) is 4.74 Å². The van der Waals surface area contributed by atoms with Gasteiger partial charge >= 0.3 is 6.18 Å². The molecule has 0 fully saturated rings. The molecule has 0 heterocycles. The Bertz CT molecular complexity index is 915. The number of carbonyl (C=O) groups is 1. The smallest absolute Gasteiger partial charge is 0.416 e. The minimum Gasteiger partial charge on any atom is -0.504 e. The van der Waals surface area contributed by atoms with E-state index >= 15 is 0 Å². The molecule has 0 spiro atoms. The largest absolute Gasteiger partial charge is 0.504 e. The van der Waals surface area contributed by atoms with Crippen molar-refractivity contribution in [3.63, 3.8) is 0 Å². The molecule has 0 saturated heterocycles. The number of rotatable bonds is 5. The van der Waals surface area contributed by atoms with Crippen LogP contribution < -0.4 is 10.1 Å². The third kappa shape index (κ3) is 5.25. The fourth-order valence-corrected chi connectivity index (χ4v) is 2.18. The molecule has 1 amide bonds. The van der Waals surface area contributed by atoms with Gasteiger partial charge in [0.15, 0.2) is 11.5 Å². The van der Waals surface area contributed by atoms with Crippen LogP contribution in [0.5, 0.6) is 11.5 Å². The van der Waals surface area contributed by atoms with Gasteiger partial charge in [-0.15, -0.1) is 0 Å². The van der Waals surface area contributed by atoms with E-state index in [0.29, 0.717) is 12.2 Å². The molecule has 0 atom stereocenters. The molecule has 2 rings (SSSR count). The van der Waals surface area contributed by atoms with Crippen LogP contribution in [0.4, 0.5) is 18.9 Å². The molecular formula is C19H15F3N2O3. The molecule has 0 aliphatic carbocycles. The molecule has 0 aliphatic heterocycles. The van der Waals surface area contributed by atoms with Crippen molar-refractivity contribution in [2.45, 2.75) is 13.1 Å².